The first-order valence-electron chi connectivity index (χ1n) is 23.4. The molecule has 4 aliphatic heterocycles. The molecule has 0 amide bonds. The van der Waals surface area contributed by atoms with Gasteiger partial charge in [0, 0.05) is 36.7 Å². The Morgan fingerprint density at radius 1 is 0.705 bits per heavy atom. The molecule has 336 valence electrons. The van der Waals surface area contributed by atoms with E-state index in [0.29, 0.717) is 44.4 Å². The van der Waals surface area contributed by atoms with Crippen molar-refractivity contribution in [1.82, 2.24) is 0 Å². The van der Waals surface area contributed by atoms with Gasteiger partial charge in [-0.15, -0.1) is 0 Å². The van der Waals surface area contributed by atoms with Crippen LogP contribution in [-0.4, -0.2) is 105 Å². The smallest absolute Gasteiger partial charge is 0.184 e. The van der Waals surface area contributed by atoms with E-state index in [2.05, 4.69) is 13.8 Å². The molecule has 8 fully saturated rings. The third-order valence-corrected chi connectivity index (χ3v) is 17.7. The van der Waals surface area contributed by atoms with Crippen LogP contribution in [0.3, 0.4) is 0 Å². The molecule has 2 aromatic carbocycles. The van der Waals surface area contributed by atoms with Crippen molar-refractivity contribution in [1.29, 1.82) is 0 Å². The number of para-hydroxylation sites is 1. The number of rotatable bonds is 8. The maximum atomic E-state index is 13.0. The molecule has 21 atom stereocenters. The Morgan fingerprint density at radius 3 is 2.25 bits per heavy atom. The Hall–Kier alpha value is -2.20. The quantitative estimate of drug-likeness (QED) is 0.189. The summed E-state index contributed by atoms with van der Waals surface area (Å²) in [5.74, 6) is 0.775. The fourth-order valence-corrected chi connectivity index (χ4v) is 14.5. The highest BCUT2D eigenvalue weighted by atomic mass is 16.8. The Labute approximate surface area is 360 Å². The van der Waals surface area contributed by atoms with Crippen LogP contribution in [0.5, 0.6) is 5.75 Å². The van der Waals surface area contributed by atoms with Crippen LogP contribution in [0, 0.1) is 40.4 Å². The van der Waals surface area contributed by atoms with Crippen LogP contribution in [-0.2, 0) is 39.6 Å². The van der Waals surface area contributed by atoms with Crippen LogP contribution < -0.4 is 0 Å². The topological polar surface area (TPSA) is 166 Å². The monoisotopic (exact) mass is 848 g/mol. The molecule has 4 aliphatic carbocycles. The van der Waals surface area contributed by atoms with Crippen LogP contribution in [0.25, 0.3) is 0 Å². The third kappa shape index (κ3) is 7.32. The zero-order valence-electron chi connectivity index (χ0n) is 36.2. The molecule has 12 nitrogen and oxygen atoms in total. The second-order valence-corrected chi connectivity index (χ2v) is 20.7. The molecule has 0 radical (unpaired) electrons. The molecule has 0 bridgehead atoms. The van der Waals surface area contributed by atoms with Crippen LogP contribution in [0.2, 0.25) is 0 Å². The summed E-state index contributed by atoms with van der Waals surface area (Å²) in [4.78, 5) is 0. The van der Waals surface area contributed by atoms with Crippen molar-refractivity contribution >= 4 is 0 Å². The Kier molecular flexibility index (Phi) is 11.5. The minimum absolute atomic E-state index is 0.0134. The highest BCUT2D eigenvalue weighted by molar-refractivity contribution is 5.33. The van der Waals surface area contributed by atoms with Crippen LogP contribution in [0.4, 0.5) is 0 Å². The van der Waals surface area contributed by atoms with Gasteiger partial charge in [0.05, 0.1) is 48.3 Å². The maximum absolute atomic E-state index is 13.0. The Morgan fingerprint density at radius 2 is 1.46 bits per heavy atom. The SMILES string of the molecule is CC1O[C@@H](O[C@H]2CC[C@@]3(C)[C@H](CC[C@@H]4[C@@H]3C[C@@H](O)[C@]3(C)[C@@H](C5CC(O)OC5Cc5ccccc5O)CC[C@]43O)C2)C[C@@H](O)C1O[C@H]1C[C@H]2OC(c3ccccc3)OC2C(C)O1. The molecule has 61 heavy (non-hydrogen) atoms. The maximum Gasteiger partial charge on any atom is 0.184 e. The summed E-state index contributed by atoms with van der Waals surface area (Å²) in [6, 6.07) is 17.2. The van der Waals surface area contributed by atoms with E-state index in [4.69, 9.17) is 33.2 Å². The lowest BCUT2D eigenvalue weighted by Crippen LogP contribution is -2.67. The predicted molar refractivity (Wildman–Crippen MR) is 221 cm³/mol. The van der Waals surface area contributed by atoms with Gasteiger partial charge in [0.15, 0.2) is 25.2 Å². The summed E-state index contributed by atoms with van der Waals surface area (Å²) < 4.78 is 44.4. The summed E-state index contributed by atoms with van der Waals surface area (Å²) in [5, 5.41) is 58.1. The summed E-state index contributed by atoms with van der Waals surface area (Å²) in [6.07, 6.45) is 2.42. The number of benzene rings is 2. The predicted octanol–water partition coefficient (Wildman–Crippen LogP) is 6.29. The van der Waals surface area contributed by atoms with Gasteiger partial charge in [-0.3, -0.25) is 0 Å². The van der Waals surface area contributed by atoms with Crippen LogP contribution >= 0.6 is 0 Å². The molecule has 10 rings (SSSR count). The number of aliphatic hydroxyl groups excluding tert-OH is 3. The lowest BCUT2D eigenvalue weighted by Gasteiger charge is -2.65. The van der Waals surface area contributed by atoms with Crippen molar-refractivity contribution in [2.75, 3.05) is 0 Å². The number of phenolic OH excluding ortho intramolecular Hbond substituents is 1. The molecule has 12 heteroatoms. The molecule has 0 aromatic heterocycles. The van der Waals surface area contributed by atoms with Gasteiger partial charge in [0.2, 0.25) is 0 Å². The molecule has 4 heterocycles. The summed E-state index contributed by atoms with van der Waals surface area (Å²) in [7, 11) is 0. The lowest BCUT2D eigenvalue weighted by atomic mass is 9.42. The first-order chi connectivity index (χ1) is 29.2. The van der Waals surface area contributed by atoms with Crippen molar-refractivity contribution in [2.45, 2.75) is 190 Å². The number of hydrogen-bond donors (Lipinski definition) is 5. The molecule has 4 saturated heterocycles. The minimum Gasteiger partial charge on any atom is -0.508 e. The summed E-state index contributed by atoms with van der Waals surface area (Å²) in [5.41, 5.74) is -0.0637. The van der Waals surface area contributed by atoms with Gasteiger partial charge < -0.3 is 58.7 Å². The second-order valence-electron chi connectivity index (χ2n) is 20.7. The van der Waals surface area contributed by atoms with Crippen molar-refractivity contribution in [2.24, 2.45) is 40.4 Å². The van der Waals surface area contributed by atoms with Gasteiger partial charge in [-0.1, -0.05) is 62.4 Å². The fraction of sp³-hybridized carbons (Fsp3) is 0.755. The summed E-state index contributed by atoms with van der Waals surface area (Å²) in [6.45, 7) is 8.40. The largest absolute Gasteiger partial charge is 0.508 e. The van der Waals surface area contributed by atoms with E-state index in [0.717, 1.165) is 49.7 Å². The second kappa shape index (κ2) is 16.3. The van der Waals surface area contributed by atoms with E-state index in [-0.39, 0.29) is 65.4 Å². The van der Waals surface area contributed by atoms with Gasteiger partial charge in [0.25, 0.3) is 0 Å². The lowest BCUT2D eigenvalue weighted by molar-refractivity contribution is -0.314. The van der Waals surface area contributed by atoms with Gasteiger partial charge in [-0.25, -0.2) is 0 Å². The van der Waals surface area contributed by atoms with Gasteiger partial charge >= 0.3 is 0 Å². The molecule has 5 N–H and O–H groups in total. The van der Waals surface area contributed by atoms with Crippen LogP contribution in [0.1, 0.15) is 116 Å². The van der Waals surface area contributed by atoms with Crippen molar-refractivity contribution in [3.8, 4) is 5.75 Å². The zero-order chi connectivity index (χ0) is 42.4. The number of aliphatic hydroxyl groups is 4. The van der Waals surface area contributed by atoms with E-state index in [1.54, 1.807) is 12.1 Å². The van der Waals surface area contributed by atoms with E-state index in [1.165, 1.54) is 0 Å². The normalized spacial score (nSPS) is 50.7. The molecule has 8 aliphatic rings. The number of phenols is 1. The molecular weight excluding hydrogens is 781 g/mol. The Bertz CT molecular complexity index is 1840. The average molecular weight is 849 g/mol. The molecule has 8 unspecified atom stereocenters. The van der Waals surface area contributed by atoms with Gasteiger partial charge in [-0.2, -0.15) is 0 Å². The molecule has 2 aromatic rings. The fourth-order valence-electron chi connectivity index (χ4n) is 14.5. The highest BCUT2D eigenvalue weighted by Crippen LogP contribution is 2.70. The van der Waals surface area contributed by atoms with Gasteiger partial charge in [0.1, 0.15) is 18.0 Å². The van der Waals surface area contributed by atoms with E-state index < -0.39 is 60.6 Å². The first kappa shape index (κ1) is 42.7. The number of aromatic hydroxyl groups is 1. The number of fused-ring (bicyclic) bond motifs is 6. The van der Waals surface area contributed by atoms with Crippen molar-refractivity contribution in [3.05, 3.63) is 65.7 Å². The number of ether oxygens (including phenoxy) is 7. The van der Waals surface area contributed by atoms with Crippen molar-refractivity contribution in [3.63, 3.8) is 0 Å². The highest BCUT2D eigenvalue weighted by Gasteiger charge is 2.72. The summed E-state index contributed by atoms with van der Waals surface area (Å²) >= 11 is 0. The standard InChI is InChI=1S/C49H68O12/c1-26-44(60-43-25-39-45(27(2)56-43)61-46(59-39)28-10-6-5-7-11-28)37(51)24-42(55-26)57-31-16-18-47(3)30(21-31)14-15-34-35(47)23-40(52)48(4)33(17-19-49(34,48)54)32-22-41(53)58-38(32)20-29-12-8-9-13-36(29)50/h5-13,26-27,30-35,37-46,50-54H,14-25H2,1-4H3/t26?,27?,30-,31+,32?,33-,34-,35+,37-,38?,39-,40-,41?,42+,43+,44?,45?,46?,47+,48+,49+/m1/s1. The van der Waals surface area contributed by atoms with Crippen molar-refractivity contribution < 1.29 is 58.7 Å². The molecular formula is C49H68O12. The van der Waals surface area contributed by atoms with Crippen LogP contribution in [0.15, 0.2) is 54.6 Å². The average Bonchev–Trinajstić information content (AvgIpc) is 3.91. The van der Waals surface area contributed by atoms with E-state index >= 15 is 0 Å². The Balaban J connectivity index is 0.752. The number of hydrogen-bond acceptors (Lipinski definition) is 12. The molecule has 4 saturated carbocycles. The minimum atomic E-state index is -1.03. The molecule has 0 spiro atoms. The van der Waals surface area contributed by atoms with E-state index in [9.17, 15) is 25.5 Å². The first-order valence-corrected chi connectivity index (χ1v) is 23.4. The third-order valence-electron chi connectivity index (χ3n) is 17.7. The zero-order valence-corrected chi connectivity index (χ0v) is 36.2. The van der Waals surface area contributed by atoms with E-state index in [1.807, 2.05) is 56.3 Å². The van der Waals surface area contributed by atoms with Gasteiger partial charge in [-0.05, 0) is 112 Å².